The number of carbonyl (C=O) groups excluding carboxylic acids is 3. The second-order valence-corrected chi connectivity index (χ2v) is 10.5. The standard InChI is InChI=1S/C23H19Cl4FN2O3/c24-16-7-4-13(10-15(16)21(32)29-12-2-5-14(31)6-3-12)30-22(33)20-19(23(20,26)27)11-1-8-18(28)17(25)9-11/h1,4,7-10,12,19-20H,2-3,5-6H2,(H,29,32)(H,30,33)/t19-,20?/m1/s1. The van der Waals surface area contributed by atoms with Crippen molar-refractivity contribution in [1.82, 2.24) is 5.32 Å². The van der Waals surface area contributed by atoms with Gasteiger partial charge in [-0.3, -0.25) is 14.4 Å². The lowest BCUT2D eigenvalue weighted by Crippen LogP contribution is -2.37. The SMILES string of the molecule is O=C1CCC(NC(=O)c2cc(NC(=O)C3[C@@H](c4ccc(F)c(Cl)c4)C3(Cl)Cl)ccc2Cl)CC1. The van der Waals surface area contributed by atoms with Crippen molar-refractivity contribution in [2.75, 3.05) is 5.32 Å². The topological polar surface area (TPSA) is 75.3 Å². The third-order valence-electron chi connectivity index (χ3n) is 6.00. The number of amides is 2. The normalized spacial score (nSPS) is 22.0. The van der Waals surface area contributed by atoms with Crippen molar-refractivity contribution in [3.8, 4) is 0 Å². The monoisotopic (exact) mass is 530 g/mol. The molecule has 0 aliphatic heterocycles. The number of carbonyl (C=O) groups is 3. The van der Waals surface area contributed by atoms with E-state index in [9.17, 15) is 18.8 Å². The van der Waals surface area contributed by atoms with Crippen LogP contribution in [0.1, 0.15) is 47.5 Å². The lowest BCUT2D eigenvalue weighted by atomic mass is 9.94. The van der Waals surface area contributed by atoms with Crippen LogP contribution in [0.15, 0.2) is 36.4 Å². The molecule has 33 heavy (non-hydrogen) atoms. The maximum absolute atomic E-state index is 13.5. The summed E-state index contributed by atoms with van der Waals surface area (Å²) in [5.41, 5.74) is 1.10. The molecule has 0 spiro atoms. The van der Waals surface area contributed by atoms with E-state index in [1.54, 1.807) is 6.07 Å². The van der Waals surface area contributed by atoms with Crippen LogP contribution in [0.2, 0.25) is 10.0 Å². The van der Waals surface area contributed by atoms with E-state index in [2.05, 4.69) is 10.6 Å². The van der Waals surface area contributed by atoms with Crippen LogP contribution in [-0.2, 0) is 9.59 Å². The highest BCUT2D eigenvalue weighted by atomic mass is 35.5. The van der Waals surface area contributed by atoms with Gasteiger partial charge in [0.2, 0.25) is 5.91 Å². The van der Waals surface area contributed by atoms with Gasteiger partial charge < -0.3 is 10.6 Å². The van der Waals surface area contributed by atoms with Gasteiger partial charge in [0.05, 0.1) is 21.5 Å². The van der Waals surface area contributed by atoms with Gasteiger partial charge in [0.1, 0.15) is 15.9 Å². The van der Waals surface area contributed by atoms with Crippen LogP contribution in [0.25, 0.3) is 0 Å². The highest BCUT2D eigenvalue weighted by Crippen LogP contribution is 2.65. The maximum Gasteiger partial charge on any atom is 0.253 e. The summed E-state index contributed by atoms with van der Waals surface area (Å²) in [6.45, 7) is 0. The number of rotatable bonds is 5. The van der Waals surface area contributed by atoms with Crippen LogP contribution in [0.5, 0.6) is 0 Å². The average molecular weight is 532 g/mol. The molecule has 2 N–H and O–H groups in total. The Labute approximate surface area is 209 Å². The Morgan fingerprint density at radius 2 is 1.70 bits per heavy atom. The molecular weight excluding hydrogens is 513 g/mol. The fourth-order valence-corrected chi connectivity index (χ4v) is 5.34. The fourth-order valence-electron chi connectivity index (χ4n) is 4.12. The Balaban J connectivity index is 1.45. The molecule has 2 atom stereocenters. The van der Waals surface area contributed by atoms with Gasteiger partial charge in [-0.1, -0.05) is 29.3 Å². The molecule has 4 rings (SSSR count). The Morgan fingerprint density at radius 1 is 1.00 bits per heavy atom. The largest absolute Gasteiger partial charge is 0.349 e. The van der Waals surface area contributed by atoms with Gasteiger partial charge in [-0.15, -0.1) is 23.2 Å². The number of ketones is 1. The van der Waals surface area contributed by atoms with Crippen LogP contribution >= 0.6 is 46.4 Å². The van der Waals surface area contributed by atoms with Crippen molar-refractivity contribution in [3.05, 3.63) is 63.4 Å². The summed E-state index contributed by atoms with van der Waals surface area (Å²) in [6.07, 6.45) is 2.05. The summed E-state index contributed by atoms with van der Waals surface area (Å²) in [6, 6.07) is 8.52. The molecule has 10 heteroatoms. The van der Waals surface area contributed by atoms with E-state index in [0.717, 1.165) is 0 Å². The Kier molecular flexibility index (Phi) is 6.92. The Morgan fingerprint density at radius 3 is 2.36 bits per heavy atom. The number of alkyl halides is 2. The molecule has 5 nitrogen and oxygen atoms in total. The maximum atomic E-state index is 13.5. The van der Waals surface area contributed by atoms with Crippen molar-refractivity contribution in [2.45, 2.75) is 42.0 Å². The minimum absolute atomic E-state index is 0.0848. The van der Waals surface area contributed by atoms with E-state index in [-0.39, 0.29) is 33.3 Å². The number of benzene rings is 2. The van der Waals surface area contributed by atoms with E-state index < -0.39 is 27.9 Å². The zero-order valence-electron chi connectivity index (χ0n) is 17.1. The van der Waals surface area contributed by atoms with Crippen LogP contribution in [-0.4, -0.2) is 28.0 Å². The van der Waals surface area contributed by atoms with Crippen molar-refractivity contribution in [3.63, 3.8) is 0 Å². The lowest BCUT2D eigenvalue weighted by Gasteiger charge is -2.22. The molecule has 0 aromatic heterocycles. The third kappa shape index (κ3) is 5.14. The number of hydrogen-bond acceptors (Lipinski definition) is 3. The summed E-state index contributed by atoms with van der Waals surface area (Å²) in [5.74, 6) is -2.59. The number of hydrogen-bond donors (Lipinski definition) is 2. The molecule has 2 fully saturated rings. The first-order chi connectivity index (χ1) is 15.6. The molecule has 2 aliphatic rings. The second kappa shape index (κ2) is 9.41. The Hall–Kier alpha value is -1.86. The molecule has 2 aromatic carbocycles. The Bertz CT molecular complexity index is 1130. The number of anilines is 1. The number of nitrogens with one attached hydrogen (secondary N) is 2. The van der Waals surface area contributed by atoms with E-state index in [0.29, 0.717) is 36.9 Å². The predicted molar refractivity (Wildman–Crippen MR) is 127 cm³/mol. The van der Waals surface area contributed by atoms with Gasteiger partial charge in [-0.25, -0.2) is 4.39 Å². The zero-order chi connectivity index (χ0) is 23.9. The molecule has 2 aromatic rings. The molecule has 2 aliphatic carbocycles. The van der Waals surface area contributed by atoms with Crippen molar-refractivity contribution < 1.29 is 18.8 Å². The van der Waals surface area contributed by atoms with Crippen molar-refractivity contribution in [2.24, 2.45) is 5.92 Å². The molecule has 0 radical (unpaired) electrons. The molecule has 0 bridgehead atoms. The van der Waals surface area contributed by atoms with Crippen LogP contribution in [0.3, 0.4) is 0 Å². The third-order valence-corrected chi connectivity index (χ3v) is 7.56. The quantitative estimate of drug-likeness (QED) is 0.471. The summed E-state index contributed by atoms with van der Waals surface area (Å²) >= 11 is 24.7. The number of halogens is 5. The fraction of sp³-hybridized carbons (Fsp3) is 0.348. The van der Waals surface area contributed by atoms with Crippen LogP contribution < -0.4 is 10.6 Å². The highest BCUT2D eigenvalue weighted by molar-refractivity contribution is 6.53. The highest BCUT2D eigenvalue weighted by Gasteiger charge is 2.67. The van der Waals surface area contributed by atoms with Gasteiger partial charge in [-0.05, 0) is 48.7 Å². The summed E-state index contributed by atoms with van der Waals surface area (Å²) in [7, 11) is 0. The molecular formula is C23H19Cl4FN2O3. The predicted octanol–water partition coefficient (Wildman–Crippen LogP) is 5.90. The van der Waals surface area contributed by atoms with Crippen molar-refractivity contribution >= 4 is 69.7 Å². The summed E-state index contributed by atoms with van der Waals surface area (Å²) < 4.78 is 12.1. The van der Waals surface area contributed by atoms with Gasteiger partial charge >= 0.3 is 0 Å². The second-order valence-electron chi connectivity index (χ2n) is 8.27. The van der Waals surface area contributed by atoms with E-state index in [4.69, 9.17) is 46.4 Å². The van der Waals surface area contributed by atoms with E-state index >= 15 is 0 Å². The molecule has 1 unspecified atom stereocenters. The average Bonchev–Trinajstić information content (AvgIpc) is 3.35. The molecule has 0 heterocycles. The van der Waals surface area contributed by atoms with Gasteiger partial charge in [0.15, 0.2) is 0 Å². The number of Topliss-reactive ketones (excluding diaryl/α,β-unsaturated/α-hetero) is 1. The first-order valence-electron chi connectivity index (χ1n) is 10.3. The van der Waals surface area contributed by atoms with Gasteiger partial charge in [-0.2, -0.15) is 0 Å². The van der Waals surface area contributed by atoms with Gasteiger partial charge in [0, 0.05) is 30.5 Å². The molecule has 0 saturated heterocycles. The first-order valence-corrected chi connectivity index (χ1v) is 11.8. The van der Waals surface area contributed by atoms with Crippen LogP contribution in [0, 0.1) is 11.7 Å². The zero-order valence-corrected chi connectivity index (χ0v) is 20.2. The van der Waals surface area contributed by atoms with E-state index in [1.807, 2.05) is 0 Å². The lowest BCUT2D eigenvalue weighted by molar-refractivity contribution is -0.120. The van der Waals surface area contributed by atoms with Crippen molar-refractivity contribution in [1.29, 1.82) is 0 Å². The smallest absolute Gasteiger partial charge is 0.253 e. The van der Waals surface area contributed by atoms with E-state index in [1.165, 1.54) is 30.3 Å². The first kappa shape index (κ1) is 24.3. The molecule has 174 valence electrons. The summed E-state index contributed by atoms with van der Waals surface area (Å²) in [4.78, 5) is 37.0. The summed E-state index contributed by atoms with van der Waals surface area (Å²) in [5, 5.41) is 5.75. The van der Waals surface area contributed by atoms with Gasteiger partial charge in [0.25, 0.3) is 5.91 Å². The molecule has 2 saturated carbocycles. The molecule has 2 amide bonds. The van der Waals surface area contributed by atoms with Crippen LogP contribution in [0.4, 0.5) is 10.1 Å². The minimum Gasteiger partial charge on any atom is -0.349 e. The minimum atomic E-state index is -1.38.